The van der Waals surface area contributed by atoms with E-state index in [1.807, 2.05) is 24.3 Å². The number of aryl methyl sites for hydroxylation is 1. The van der Waals surface area contributed by atoms with Crippen LogP contribution in [0.4, 0.5) is 0 Å². The van der Waals surface area contributed by atoms with Gasteiger partial charge in [0.2, 0.25) is 0 Å². The molecule has 0 spiro atoms. The smallest absolute Gasteiger partial charge is 0.119 e. The van der Waals surface area contributed by atoms with Crippen LogP contribution in [-0.2, 0) is 19.5 Å². The predicted molar refractivity (Wildman–Crippen MR) is 153 cm³/mol. The average molecular weight is 505 g/mol. The summed E-state index contributed by atoms with van der Waals surface area (Å²) in [4.78, 5) is 5.09. The average Bonchev–Trinajstić information content (AvgIpc) is 3.08. The Morgan fingerprint density at radius 3 is 2.69 bits per heavy atom. The standard InChI is InChI=1S/C32H41ClN2O/c1-3-4-5-9-26(2)23-35-18-8-11-28-13-14-31(22-30(28)25-35)36-21-17-27-15-19-34(20-16-27)24-29-10-6-7-12-32(29)33/h3-7,9-10,12-14,22,27H,1,8,11,15-21,23-25H2,2H3/b5-4-,26-9+. The van der Waals surface area contributed by atoms with Gasteiger partial charge in [0.05, 0.1) is 6.61 Å². The molecule has 0 aliphatic carbocycles. The fraction of sp³-hybridized carbons (Fsp3) is 0.438. The molecule has 2 aromatic rings. The van der Waals surface area contributed by atoms with E-state index in [0.717, 1.165) is 75.4 Å². The van der Waals surface area contributed by atoms with Gasteiger partial charge in [-0.05, 0) is 99.5 Å². The van der Waals surface area contributed by atoms with Crippen molar-refractivity contribution in [3.63, 3.8) is 0 Å². The molecule has 3 nitrogen and oxygen atoms in total. The van der Waals surface area contributed by atoms with Gasteiger partial charge < -0.3 is 4.74 Å². The highest BCUT2D eigenvalue weighted by Gasteiger charge is 2.20. The van der Waals surface area contributed by atoms with Gasteiger partial charge in [-0.25, -0.2) is 0 Å². The van der Waals surface area contributed by atoms with Crippen molar-refractivity contribution in [3.05, 3.63) is 101 Å². The zero-order valence-electron chi connectivity index (χ0n) is 21.8. The van der Waals surface area contributed by atoms with Crippen LogP contribution in [0.3, 0.4) is 0 Å². The minimum atomic E-state index is 0.744. The number of halogens is 1. The number of benzene rings is 2. The first kappa shape index (κ1) is 26.7. The van der Waals surface area contributed by atoms with Gasteiger partial charge in [-0.3, -0.25) is 9.80 Å². The third kappa shape index (κ3) is 8.09. The Morgan fingerprint density at radius 2 is 1.89 bits per heavy atom. The summed E-state index contributed by atoms with van der Waals surface area (Å²) in [6.07, 6.45) is 14.0. The first-order valence-corrected chi connectivity index (χ1v) is 13.9. The molecule has 2 aliphatic heterocycles. The quantitative estimate of drug-likeness (QED) is 0.312. The molecular formula is C32H41ClN2O. The molecule has 36 heavy (non-hydrogen) atoms. The summed E-state index contributed by atoms with van der Waals surface area (Å²) >= 11 is 6.35. The van der Waals surface area contributed by atoms with Gasteiger partial charge in [0.25, 0.3) is 0 Å². The van der Waals surface area contributed by atoms with E-state index >= 15 is 0 Å². The third-order valence-corrected chi connectivity index (χ3v) is 7.82. The number of allylic oxidation sites excluding steroid dienone is 4. The summed E-state index contributed by atoms with van der Waals surface area (Å²) in [7, 11) is 0. The molecule has 1 saturated heterocycles. The third-order valence-electron chi connectivity index (χ3n) is 7.45. The van der Waals surface area contributed by atoms with Crippen LogP contribution >= 0.6 is 11.6 Å². The van der Waals surface area contributed by atoms with Gasteiger partial charge in [-0.2, -0.15) is 0 Å². The molecule has 2 aromatic carbocycles. The lowest BCUT2D eigenvalue weighted by Crippen LogP contribution is -2.33. The Bertz CT molecular complexity index is 1050. The summed E-state index contributed by atoms with van der Waals surface area (Å²) < 4.78 is 6.26. The molecule has 0 aromatic heterocycles. The Kier molecular flexibility index (Phi) is 10.3. The normalized spacial score (nSPS) is 18.2. The van der Waals surface area contributed by atoms with Crippen molar-refractivity contribution >= 4 is 11.6 Å². The SMILES string of the molecule is C=C/C=C\C=C(/C)CN1CCCc2ccc(OCCC3CCN(Cc4ccccc4Cl)CC3)cc2C1. The molecule has 0 unspecified atom stereocenters. The number of hydrogen-bond donors (Lipinski definition) is 0. The number of nitrogens with zero attached hydrogens (tertiary/aromatic N) is 2. The van der Waals surface area contributed by atoms with E-state index in [2.05, 4.69) is 65.8 Å². The van der Waals surface area contributed by atoms with E-state index in [9.17, 15) is 0 Å². The van der Waals surface area contributed by atoms with E-state index in [-0.39, 0.29) is 0 Å². The van der Waals surface area contributed by atoms with Crippen molar-refractivity contribution in [2.45, 2.75) is 52.1 Å². The maximum Gasteiger partial charge on any atom is 0.119 e. The van der Waals surface area contributed by atoms with Crippen LogP contribution < -0.4 is 4.74 Å². The Morgan fingerprint density at radius 1 is 1.06 bits per heavy atom. The van der Waals surface area contributed by atoms with Crippen molar-refractivity contribution in [2.24, 2.45) is 5.92 Å². The van der Waals surface area contributed by atoms with Gasteiger partial charge >= 0.3 is 0 Å². The van der Waals surface area contributed by atoms with E-state index in [1.54, 1.807) is 0 Å². The number of likely N-dealkylation sites (tertiary alicyclic amines) is 1. The first-order valence-electron chi connectivity index (χ1n) is 13.5. The number of fused-ring (bicyclic) bond motifs is 1. The van der Waals surface area contributed by atoms with Crippen LogP contribution in [0.5, 0.6) is 5.75 Å². The largest absolute Gasteiger partial charge is 0.494 e. The Hall–Kier alpha value is -2.33. The second-order valence-electron chi connectivity index (χ2n) is 10.3. The van der Waals surface area contributed by atoms with Gasteiger partial charge in [0.15, 0.2) is 0 Å². The molecule has 2 aliphatic rings. The topological polar surface area (TPSA) is 15.7 Å². The van der Waals surface area contributed by atoms with Crippen molar-refractivity contribution in [2.75, 3.05) is 32.8 Å². The van der Waals surface area contributed by atoms with Crippen LogP contribution in [0, 0.1) is 5.92 Å². The summed E-state index contributed by atoms with van der Waals surface area (Å²) in [6.45, 7) is 13.1. The van der Waals surface area contributed by atoms with Crippen LogP contribution in [0.2, 0.25) is 5.02 Å². The van der Waals surface area contributed by atoms with Crippen molar-refractivity contribution in [3.8, 4) is 5.75 Å². The zero-order valence-corrected chi connectivity index (χ0v) is 22.6. The molecule has 1 fully saturated rings. The molecule has 192 valence electrons. The first-order chi connectivity index (χ1) is 17.6. The van der Waals surface area contributed by atoms with E-state index < -0.39 is 0 Å². The maximum atomic E-state index is 6.35. The molecule has 0 amide bonds. The molecular weight excluding hydrogens is 464 g/mol. The lowest BCUT2D eigenvalue weighted by molar-refractivity contribution is 0.157. The van der Waals surface area contributed by atoms with Crippen LogP contribution in [-0.4, -0.2) is 42.6 Å². The number of rotatable bonds is 10. The fourth-order valence-corrected chi connectivity index (χ4v) is 5.57. The molecule has 0 N–H and O–H groups in total. The summed E-state index contributed by atoms with van der Waals surface area (Å²) in [5.41, 5.74) is 5.51. The minimum Gasteiger partial charge on any atom is -0.494 e. The molecule has 0 saturated carbocycles. The van der Waals surface area contributed by atoms with Gasteiger partial charge in [0, 0.05) is 24.7 Å². The lowest BCUT2D eigenvalue weighted by Gasteiger charge is -2.32. The molecule has 0 atom stereocenters. The monoisotopic (exact) mass is 504 g/mol. The number of piperidine rings is 1. The van der Waals surface area contributed by atoms with E-state index in [4.69, 9.17) is 16.3 Å². The summed E-state index contributed by atoms with van der Waals surface area (Å²) in [5.74, 6) is 1.77. The maximum absolute atomic E-state index is 6.35. The van der Waals surface area contributed by atoms with Crippen molar-refractivity contribution < 1.29 is 4.74 Å². The van der Waals surface area contributed by atoms with Crippen molar-refractivity contribution in [1.82, 2.24) is 9.80 Å². The highest BCUT2D eigenvalue weighted by atomic mass is 35.5. The number of hydrogen-bond acceptors (Lipinski definition) is 3. The lowest BCUT2D eigenvalue weighted by atomic mass is 9.93. The van der Waals surface area contributed by atoms with Gasteiger partial charge in [0.1, 0.15) is 5.75 Å². The second-order valence-corrected chi connectivity index (χ2v) is 10.7. The molecule has 0 radical (unpaired) electrons. The zero-order chi connectivity index (χ0) is 25.2. The van der Waals surface area contributed by atoms with E-state index in [1.165, 1.54) is 41.5 Å². The second kappa shape index (κ2) is 13.8. The molecule has 2 heterocycles. The fourth-order valence-electron chi connectivity index (χ4n) is 5.38. The van der Waals surface area contributed by atoms with Crippen LogP contribution in [0.25, 0.3) is 0 Å². The Labute approximate surface area is 223 Å². The van der Waals surface area contributed by atoms with E-state index in [0.29, 0.717) is 0 Å². The Balaban J connectivity index is 1.22. The van der Waals surface area contributed by atoms with Crippen molar-refractivity contribution in [1.29, 1.82) is 0 Å². The van der Waals surface area contributed by atoms with Crippen LogP contribution in [0.1, 0.15) is 49.3 Å². The predicted octanol–water partition coefficient (Wildman–Crippen LogP) is 7.46. The van der Waals surface area contributed by atoms with Gasteiger partial charge in [-0.1, -0.05) is 72.3 Å². The number of ether oxygens (including phenoxy) is 1. The van der Waals surface area contributed by atoms with Crippen LogP contribution in [0.15, 0.2) is 78.9 Å². The highest BCUT2D eigenvalue weighted by Crippen LogP contribution is 2.27. The molecule has 4 heteroatoms. The summed E-state index contributed by atoms with van der Waals surface area (Å²) in [6, 6.07) is 15.0. The molecule has 0 bridgehead atoms. The molecule has 4 rings (SSSR count). The minimum absolute atomic E-state index is 0.744. The summed E-state index contributed by atoms with van der Waals surface area (Å²) in [5, 5.41) is 0.879. The van der Waals surface area contributed by atoms with Gasteiger partial charge in [-0.15, -0.1) is 0 Å². The highest BCUT2D eigenvalue weighted by molar-refractivity contribution is 6.31.